The molecule has 4 bridgehead atoms. The minimum atomic E-state index is -0.781. The summed E-state index contributed by atoms with van der Waals surface area (Å²) in [5.74, 6) is -0.906. The summed E-state index contributed by atoms with van der Waals surface area (Å²) in [6.45, 7) is -0.361. The van der Waals surface area contributed by atoms with Crippen molar-refractivity contribution in [3.05, 3.63) is 0 Å². The maximum absolute atomic E-state index is 11.7. The molecule has 118 valence electrons. The molecule has 6 heteroatoms. The number of carboxylic acid groups (broad SMARTS) is 1. The highest BCUT2D eigenvalue weighted by atomic mass is 16.8. The maximum Gasteiger partial charge on any atom is 0.309 e. The zero-order valence-corrected chi connectivity index (χ0v) is 11.9. The van der Waals surface area contributed by atoms with Crippen LogP contribution in [0.2, 0.25) is 0 Å². The second-order valence-electron chi connectivity index (χ2n) is 7.33. The van der Waals surface area contributed by atoms with Crippen molar-refractivity contribution < 1.29 is 29.6 Å². The molecule has 4 atom stereocenters. The second kappa shape index (κ2) is 4.41. The van der Waals surface area contributed by atoms with Crippen LogP contribution in [0.25, 0.3) is 0 Å². The third-order valence-electron chi connectivity index (χ3n) is 6.23. The van der Waals surface area contributed by atoms with Crippen LogP contribution in [0.5, 0.6) is 0 Å². The van der Waals surface area contributed by atoms with Gasteiger partial charge in [0.1, 0.15) is 12.2 Å². The van der Waals surface area contributed by atoms with Crippen LogP contribution in [-0.2, 0) is 14.3 Å². The average Bonchev–Trinajstić information content (AvgIpc) is 2.84. The first-order valence-corrected chi connectivity index (χ1v) is 7.84. The molecule has 0 aromatic carbocycles. The molecule has 1 saturated heterocycles. The molecule has 1 heterocycles. The van der Waals surface area contributed by atoms with Crippen molar-refractivity contribution in [2.75, 3.05) is 13.2 Å². The molecule has 5 rings (SSSR count). The smallest absolute Gasteiger partial charge is 0.309 e. The van der Waals surface area contributed by atoms with Crippen LogP contribution in [0.4, 0.5) is 0 Å². The van der Waals surface area contributed by atoms with Gasteiger partial charge in [-0.3, -0.25) is 4.79 Å². The van der Waals surface area contributed by atoms with Crippen molar-refractivity contribution in [3.8, 4) is 0 Å². The molecule has 6 nitrogen and oxygen atoms in total. The Balaban J connectivity index is 1.67. The number of hydrogen-bond donors (Lipinski definition) is 3. The molecular weight excluding hydrogens is 276 g/mol. The first-order valence-electron chi connectivity index (χ1n) is 7.84. The van der Waals surface area contributed by atoms with E-state index < -0.39 is 29.4 Å². The zero-order valence-electron chi connectivity index (χ0n) is 11.9. The number of aliphatic carboxylic acids is 1. The van der Waals surface area contributed by atoms with E-state index in [2.05, 4.69) is 0 Å². The fourth-order valence-electron chi connectivity index (χ4n) is 5.54. The van der Waals surface area contributed by atoms with Gasteiger partial charge in [0.15, 0.2) is 5.79 Å². The van der Waals surface area contributed by atoms with E-state index in [1.54, 1.807) is 0 Å². The monoisotopic (exact) mass is 298 g/mol. The number of carboxylic acids is 1. The highest BCUT2D eigenvalue weighted by molar-refractivity contribution is 5.75. The molecule has 4 aliphatic carbocycles. The summed E-state index contributed by atoms with van der Waals surface area (Å²) < 4.78 is 12.2. The lowest BCUT2D eigenvalue weighted by Gasteiger charge is -2.61. The summed E-state index contributed by atoms with van der Waals surface area (Å²) in [6.07, 6.45) is 2.81. The van der Waals surface area contributed by atoms with Crippen molar-refractivity contribution in [3.63, 3.8) is 0 Å². The Bertz CT molecular complexity index is 433. The molecule has 0 aromatic rings. The molecule has 4 unspecified atom stereocenters. The third-order valence-corrected chi connectivity index (χ3v) is 6.23. The van der Waals surface area contributed by atoms with Crippen molar-refractivity contribution in [1.29, 1.82) is 0 Å². The van der Waals surface area contributed by atoms with E-state index in [1.165, 1.54) is 0 Å². The van der Waals surface area contributed by atoms with Gasteiger partial charge in [-0.15, -0.1) is 0 Å². The summed E-state index contributed by atoms with van der Waals surface area (Å²) in [6, 6.07) is 0. The molecule has 1 aliphatic heterocycles. The lowest BCUT2D eigenvalue weighted by atomic mass is 9.47. The van der Waals surface area contributed by atoms with Crippen LogP contribution in [-0.4, -0.2) is 52.5 Å². The fraction of sp³-hybridized carbons (Fsp3) is 0.933. The lowest BCUT2D eigenvalue weighted by Crippen LogP contribution is -2.63. The van der Waals surface area contributed by atoms with Crippen LogP contribution in [0.3, 0.4) is 0 Å². The van der Waals surface area contributed by atoms with Crippen molar-refractivity contribution in [1.82, 2.24) is 0 Å². The van der Waals surface area contributed by atoms with Crippen LogP contribution < -0.4 is 0 Å². The largest absolute Gasteiger partial charge is 0.481 e. The molecule has 4 saturated carbocycles. The minimum Gasteiger partial charge on any atom is -0.481 e. The molecule has 0 radical (unpaired) electrons. The molecule has 5 fully saturated rings. The number of ether oxygens (including phenoxy) is 2. The van der Waals surface area contributed by atoms with Gasteiger partial charge in [0.05, 0.1) is 18.6 Å². The zero-order chi connectivity index (χ0) is 14.8. The van der Waals surface area contributed by atoms with Crippen molar-refractivity contribution in [2.24, 2.45) is 23.2 Å². The number of carbonyl (C=O) groups is 1. The number of hydrogen-bond acceptors (Lipinski definition) is 5. The average molecular weight is 298 g/mol. The highest BCUT2D eigenvalue weighted by Gasteiger charge is 2.69. The quantitative estimate of drug-likeness (QED) is 0.696. The predicted molar refractivity (Wildman–Crippen MR) is 70.3 cm³/mol. The molecule has 3 N–H and O–H groups in total. The lowest BCUT2D eigenvalue weighted by molar-refractivity contribution is -0.312. The second-order valence-corrected chi connectivity index (χ2v) is 7.33. The normalized spacial score (nSPS) is 54.5. The molecule has 0 amide bonds. The van der Waals surface area contributed by atoms with Crippen LogP contribution in [0, 0.1) is 23.2 Å². The Morgan fingerprint density at radius 1 is 1.00 bits per heavy atom. The van der Waals surface area contributed by atoms with Gasteiger partial charge >= 0.3 is 5.97 Å². The van der Waals surface area contributed by atoms with Gasteiger partial charge in [-0.2, -0.15) is 0 Å². The molecular formula is C15H22O6. The van der Waals surface area contributed by atoms with Crippen LogP contribution in [0.1, 0.15) is 32.1 Å². The van der Waals surface area contributed by atoms with Crippen molar-refractivity contribution in [2.45, 2.75) is 50.1 Å². The van der Waals surface area contributed by atoms with Gasteiger partial charge in [-0.25, -0.2) is 0 Å². The maximum atomic E-state index is 11.7. The summed E-state index contributed by atoms with van der Waals surface area (Å²) in [4.78, 5) is 11.7. The number of aliphatic hydroxyl groups is 2. The van der Waals surface area contributed by atoms with Gasteiger partial charge in [-0.05, 0) is 38.0 Å². The van der Waals surface area contributed by atoms with E-state index in [0.717, 1.165) is 19.3 Å². The van der Waals surface area contributed by atoms with Gasteiger partial charge in [0.2, 0.25) is 0 Å². The van der Waals surface area contributed by atoms with Crippen LogP contribution >= 0.6 is 0 Å². The highest BCUT2D eigenvalue weighted by Crippen LogP contribution is 2.66. The van der Waals surface area contributed by atoms with E-state index in [9.17, 15) is 20.1 Å². The third kappa shape index (κ3) is 1.70. The Kier molecular flexibility index (Phi) is 2.93. The molecule has 1 spiro atoms. The Morgan fingerprint density at radius 3 is 1.95 bits per heavy atom. The van der Waals surface area contributed by atoms with E-state index >= 15 is 0 Å². The standard InChI is InChI=1S/C15H22O6/c16-6-11-12(7-17)21-15(20-11)9-1-8-2-10(15)5-14(3-8,4-9)13(18)19/h8-12,16-17H,1-7H2,(H,18,19). The van der Waals surface area contributed by atoms with E-state index in [4.69, 9.17) is 9.47 Å². The van der Waals surface area contributed by atoms with Crippen LogP contribution in [0.15, 0.2) is 0 Å². The topological polar surface area (TPSA) is 96.2 Å². The number of rotatable bonds is 3. The molecule has 21 heavy (non-hydrogen) atoms. The van der Waals surface area contributed by atoms with Gasteiger partial charge in [0.25, 0.3) is 0 Å². The summed E-state index contributed by atoms with van der Waals surface area (Å²) in [5.41, 5.74) is -0.611. The Morgan fingerprint density at radius 2 is 1.52 bits per heavy atom. The van der Waals surface area contributed by atoms with Gasteiger partial charge in [-0.1, -0.05) is 0 Å². The summed E-state index contributed by atoms with van der Waals surface area (Å²) in [5, 5.41) is 28.5. The fourth-order valence-corrected chi connectivity index (χ4v) is 5.54. The summed E-state index contributed by atoms with van der Waals surface area (Å²) >= 11 is 0. The molecule has 5 aliphatic rings. The van der Waals surface area contributed by atoms with E-state index in [-0.39, 0.29) is 25.0 Å². The minimum absolute atomic E-state index is 0.0606. The van der Waals surface area contributed by atoms with Crippen molar-refractivity contribution >= 4 is 5.97 Å². The first-order chi connectivity index (χ1) is 10.0. The van der Waals surface area contributed by atoms with Gasteiger partial charge in [0, 0.05) is 11.8 Å². The Hall–Kier alpha value is -0.690. The molecule has 0 aromatic heterocycles. The van der Waals surface area contributed by atoms with Gasteiger partial charge < -0.3 is 24.8 Å². The Labute approximate surface area is 123 Å². The number of aliphatic hydroxyl groups excluding tert-OH is 2. The summed E-state index contributed by atoms with van der Waals surface area (Å²) in [7, 11) is 0. The van der Waals surface area contributed by atoms with E-state index in [0.29, 0.717) is 18.8 Å². The SMILES string of the molecule is O=C(O)C12CC3CC(C1)C1(OC(CO)C(CO)O1)C(C3)C2. The predicted octanol–water partition coefficient (Wildman–Crippen LogP) is 0.362. The first kappa shape index (κ1) is 13.9. The van der Waals surface area contributed by atoms with E-state index in [1.807, 2.05) is 0 Å².